The molecule has 0 spiro atoms. The Morgan fingerprint density at radius 1 is 0.250 bits per heavy atom. The zero-order valence-corrected chi connectivity index (χ0v) is 53.1. The first-order valence-corrected chi connectivity index (χ1v) is 34.6. The third kappa shape index (κ3) is 65.4. The van der Waals surface area contributed by atoms with Gasteiger partial charge in [-0.05, 0) is 122 Å². The summed E-state index contributed by atoms with van der Waals surface area (Å²) in [6.07, 6.45) is 90.2. The molecule has 0 rings (SSSR count). The van der Waals surface area contributed by atoms with E-state index in [9.17, 15) is 14.4 Å². The van der Waals surface area contributed by atoms with E-state index < -0.39 is 6.10 Å². The average molecular weight is 1120 g/mol. The van der Waals surface area contributed by atoms with Gasteiger partial charge in [-0.2, -0.15) is 0 Å². The topological polar surface area (TPSA) is 78.9 Å². The first kappa shape index (κ1) is 76.6. The molecule has 1 unspecified atom stereocenters. The van der Waals surface area contributed by atoms with Gasteiger partial charge in [-0.25, -0.2) is 0 Å². The minimum absolute atomic E-state index is 0.0834. The van der Waals surface area contributed by atoms with Crippen LogP contribution in [0.1, 0.15) is 348 Å². The molecule has 0 amide bonds. The van der Waals surface area contributed by atoms with Crippen LogP contribution in [0.5, 0.6) is 0 Å². The molecule has 0 aromatic carbocycles. The molecular weight excluding hydrogens is 985 g/mol. The van der Waals surface area contributed by atoms with Crippen LogP contribution >= 0.6 is 0 Å². The molecule has 0 saturated heterocycles. The number of unbranched alkanes of at least 4 members (excludes halogenated alkanes) is 38. The first-order chi connectivity index (χ1) is 39.5. The van der Waals surface area contributed by atoms with Crippen LogP contribution in [0, 0.1) is 0 Å². The second kappa shape index (κ2) is 68.1. The molecule has 0 aliphatic rings. The van der Waals surface area contributed by atoms with Crippen molar-refractivity contribution < 1.29 is 28.6 Å². The van der Waals surface area contributed by atoms with Crippen molar-refractivity contribution in [2.75, 3.05) is 13.2 Å². The Morgan fingerprint density at radius 2 is 0.450 bits per heavy atom. The Hall–Kier alpha value is -3.41. The molecule has 6 heteroatoms. The maximum absolute atomic E-state index is 12.9. The largest absolute Gasteiger partial charge is 0.462 e. The minimum atomic E-state index is -0.790. The lowest BCUT2D eigenvalue weighted by molar-refractivity contribution is -0.167. The predicted molar refractivity (Wildman–Crippen MR) is 348 cm³/mol. The number of allylic oxidation sites excluding steroid dienone is 14. The Kier molecular flexibility index (Phi) is 65.2. The van der Waals surface area contributed by atoms with E-state index in [-0.39, 0.29) is 31.1 Å². The van der Waals surface area contributed by atoms with Gasteiger partial charge in [0, 0.05) is 19.3 Å². The van der Waals surface area contributed by atoms with Gasteiger partial charge in [-0.3, -0.25) is 14.4 Å². The normalized spacial score (nSPS) is 12.6. The van der Waals surface area contributed by atoms with Crippen LogP contribution in [-0.4, -0.2) is 37.2 Å². The predicted octanol–water partition coefficient (Wildman–Crippen LogP) is 23.8. The SMILES string of the molecule is CCCCC/C=C\C/C=C\C/C=C\CCCCCCCCC(=O)OC(COC(=O)CCCCCCCCC/C=C\C/C=C\CCCCCC)COC(=O)CCCCCCCCCCCCCCC/C=C\C/C=C\CCCCCCC. The van der Waals surface area contributed by atoms with Crippen LogP contribution < -0.4 is 0 Å². The van der Waals surface area contributed by atoms with Gasteiger partial charge >= 0.3 is 17.9 Å². The van der Waals surface area contributed by atoms with Crippen LogP contribution in [0.2, 0.25) is 0 Å². The number of esters is 3. The van der Waals surface area contributed by atoms with Gasteiger partial charge in [0.1, 0.15) is 13.2 Å². The first-order valence-electron chi connectivity index (χ1n) is 34.6. The zero-order valence-electron chi connectivity index (χ0n) is 53.1. The lowest BCUT2D eigenvalue weighted by Gasteiger charge is -2.18. The van der Waals surface area contributed by atoms with E-state index >= 15 is 0 Å². The number of ether oxygens (including phenoxy) is 3. The number of hydrogen-bond acceptors (Lipinski definition) is 6. The number of carbonyl (C=O) groups is 3. The highest BCUT2D eigenvalue weighted by Gasteiger charge is 2.19. The molecule has 1 atom stereocenters. The van der Waals surface area contributed by atoms with Crippen molar-refractivity contribution in [2.45, 2.75) is 354 Å². The van der Waals surface area contributed by atoms with E-state index in [1.807, 2.05) is 0 Å². The number of hydrogen-bond donors (Lipinski definition) is 0. The fourth-order valence-corrected chi connectivity index (χ4v) is 9.87. The van der Waals surface area contributed by atoms with Crippen molar-refractivity contribution in [2.24, 2.45) is 0 Å². The fraction of sp³-hybridized carbons (Fsp3) is 0.770. The molecule has 0 N–H and O–H groups in total. The van der Waals surface area contributed by atoms with Crippen LogP contribution in [-0.2, 0) is 28.6 Å². The lowest BCUT2D eigenvalue weighted by Crippen LogP contribution is -2.30. The molecule has 80 heavy (non-hydrogen) atoms. The highest BCUT2D eigenvalue weighted by molar-refractivity contribution is 5.71. The molecule has 462 valence electrons. The van der Waals surface area contributed by atoms with Crippen molar-refractivity contribution in [3.8, 4) is 0 Å². The molecule has 0 heterocycles. The minimum Gasteiger partial charge on any atom is -0.462 e. The summed E-state index contributed by atoms with van der Waals surface area (Å²) in [6.45, 7) is 6.61. The molecular formula is C74H130O6. The highest BCUT2D eigenvalue weighted by Crippen LogP contribution is 2.17. The van der Waals surface area contributed by atoms with Gasteiger partial charge in [0.2, 0.25) is 0 Å². The van der Waals surface area contributed by atoms with Crippen molar-refractivity contribution in [1.29, 1.82) is 0 Å². The van der Waals surface area contributed by atoms with Crippen LogP contribution in [0.3, 0.4) is 0 Å². The van der Waals surface area contributed by atoms with E-state index in [0.29, 0.717) is 19.3 Å². The number of rotatable bonds is 63. The smallest absolute Gasteiger partial charge is 0.306 e. The van der Waals surface area contributed by atoms with Crippen molar-refractivity contribution >= 4 is 17.9 Å². The Balaban J connectivity index is 4.37. The lowest BCUT2D eigenvalue weighted by atomic mass is 10.0. The number of carbonyl (C=O) groups excluding carboxylic acids is 3. The van der Waals surface area contributed by atoms with E-state index in [4.69, 9.17) is 14.2 Å². The molecule has 0 saturated carbocycles. The van der Waals surface area contributed by atoms with Gasteiger partial charge in [-0.1, -0.05) is 292 Å². The molecule has 0 aliphatic heterocycles. The van der Waals surface area contributed by atoms with Crippen LogP contribution in [0.15, 0.2) is 85.1 Å². The summed E-state index contributed by atoms with van der Waals surface area (Å²) < 4.78 is 17.0. The highest BCUT2D eigenvalue weighted by atomic mass is 16.6. The van der Waals surface area contributed by atoms with Crippen LogP contribution in [0.4, 0.5) is 0 Å². The Labute approximate surface area is 496 Å². The summed E-state index contributed by atoms with van der Waals surface area (Å²) in [5.41, 5.74) is 0. The maximum atomic E-state index is 12.9. The maximum Gasteiger partial charge on any atom is 0.306 e. The molecule has 0 aliphatic carbocycles. The van der Waals surface area contributed by atoms with Gasteiger partial charge in [0.05, 0.1) is 0 Å². The van der Waals surface area contributed by atoms with E-state index in [1.54, 1.807) is 0 Å². The Bertz CT molecular complexity index is 1520. The molecule has 0 aromatic heterocycles. The van der Waals surface area contributed by atoms with E-state index in [1.165, 1.54) is 205 Å². The fourth-order valence-electron chi connectivity index (χ4n) is 9.87. The van der Waals surface area contributed by atoms with Crippen LogP contribution in [0.25, 0.3) is 0 Å². The summed E-state index contributed by atoms with van der Waals surface area (Å²) in [7, 11) is 0. The quantitative estimate of drug-likeness (QED) is 0.0261. The summed E-state index contributed by atoms with van der Waals surface area (Å²) in [5.74, 6) is -0.889. The summed E-state index contributed by atoms with van der Waals surface area (Å²) in [5, 5.41) is 0. The molecule has 0 radical (unpaired) electrons. The summed E-state index contributed by atoms with van der Waals surface area (Å²) >= 11 is 0. The Morgan fingerprint density at radius 3 is 0.738 bits per heavy atom. The zero-order chi connectivity index (χ0) is 57.8. The third-order valence-corrected chi connectivity index (χ3v) is 15.1. The van der Waals surface area contributed by atoms with E-state index in [0.717, 1.165) is 103 Å². The van der Waals surface area contributed by atoms with Crippen molar-refractivity contribution in [3.63, 3.8) is 0 Å². The standard InChI is InChI=1S/C74H130O6/c1-4-7-10-13-16-19-22-25-28-31-34-35-36-37-38-39-41-43-46-49-52-55-58-61-64-67-73(76)79-70-71(69-78-72(75)66-63-60-57-54-51-48-45-42-33-30-27-24-21-18-15-12-9-6-3)80-74(77)68-65-62-59-56-53-50-47-44-40-32-29-26-23-20-17-14-11-8-5-2/h17,20-22,24-26,29-31,33-34,40,44,71H,4-16,18-19,23,27-28,32,35-39,41-43,45-70H2,1-3H3/b20-17-,24-21-,25-22-,29-26-,33-30-,34-31-,44-40-. The summed E-state index contributed by atoms with van der Waals surface area (Å²) in [6, 6.07) is 0. The van der Waals surface area contributed by atoms with Crippen molar-refractivity contribution in [1.82, 2.24) is 0 Å². The van der Waals surface area contributed by atoms with Gasteiger partial charge in [-0.15, -0.1) is 0 Å². The van der Waals surface area contributed by atoms with Gasteiger partial charge in [0.15, 0.2) is 6.10 Å². The second-order valence-electron chi connectivity index (χ2n) is 23.1. The van der Waals surface area contributed by atoms with E-state index in [2.05, 4.69) is 106 Å². The van der Waals surface area contributed by atoms with Gasteiger partial charge in [0.25, 0.3) is 0 Å². The van der Waals surface area contributed by atoms with Crippen molar-refractivity contribution in [3.05, 3.63) is 85.1 Å². The molecule has 0 bridgehead atoms. The molecule has 6 nitrogen and oxygen atoms in total. The average Bonchev–Trinajstić information content (AvgIpc) is 3.46. The summed E-state index contributed by atoms with van der Waals surface area (Å²) in [4.78, 5) is 38.5. The molecule has 0 fully saturated rings. The van der Waals surface area contributed by atoms with Gasteiger partial charge < -0.3 is 14.2 Å². The second-order valence-corrected chi connectivity index (χ2v) is 23.1. The third-order valence-electron chi connectivity index (χ3n) is 15.1. The monoisotopic (exact) mass is 1110 g/mol. The molecule has 0 aromatic rings.